The molecule has 1 N–H and O–H groups in total. The first-order chi connectivity index (χ1) is 14.2. The van der Waals surface area contributed by atoms with Crippen molar-refractivity contribution in [2.75, 3.05) is 13.1 Å². The highest BCUT2D eigenvalue weighted by Crippen LogP contribution is 2.41. The molecule has 2 aromatic rings. The van der Waals surface area contributed by atoms with Gasteiger partial charge in [0.1, 0.15) is 0 Å². The van der Waals surface area contributed by atoms with Crippen LogP contribution in [0.1, 0.15) is 42.9 Å². The summed E-state index contributed by atoms with van der Waals surface area (Å²) >= 11 is 0. The summed E-state index contributed by atoms with van der Waals surface area (Å²) in [4.78, 5) is 27.2. The third-order valence-corrected chi connectivity index (χ3v) is 5.95. The fourth-order valence-corrected chi connectivity index (χ4v) is 4.03. The van der Waals surface area contributed by atoms with E-state index in [1.54, 1.807) is 6.08 Å². The van der Waals surface area contributed by atoms with Crippen LogP contribution < -0.4 is 5.32 Å². The van der Waals surface area contributed by atoms with Crippen LogP contribution in [-0.4, -0.2) is 29.8 Å². The van der Waals surface area contributed by atoms with E-state index >= 15 is 0 Å². The lowest BCUT2D eigenvalue weighted by molar-refractivity contribution is -0.132. The number of benzene rings is 2. The Balaban J connectivity index is 1.29. The SMILES string of the molecule is O=C(NC(c1ccccc1)C1CC1)C1CCN(C(=O)C=Cc2ccccc2)CC1. The van der Waals surface area contributed by atoms with E-state index in [-0.39, 0.29) is 23.8 Å². The van der Waals surface area contributed by atoms with Crippen LogP contribution in [0.5, 0.6) is 0 Å². The van der Waals surface area contributed by atoms with E-state index in [1.165, 1.54) is 18.4 Å². The van der Waals surface area contributed by atoms with E-state index < -0.39 is 0 Å². The molecule has 1 heterocycles. The summed E-state index contributed by atoms with van der Waals surface area (Å²) in [5.74, 6) is 0.707. The molecule has 4 heteroatoms. The lowest BCUT2D eigenvalue weighted by Gasteiger charge is -2.31. The highest BCUT2D eigenvalue weighted by atomic mass is 16.2. The summed E-state index contributed by atoms with van der Waals surface area (Å²) in [6.45, 7) is 1.27. The number of rotatable bonds is 6. The average molecular weight is 389 g/mol. The Morgan fingerprint density at radius 1 is 0.897 bits per heavy atom. The molecular formula is C25H28N2O2. The van der Waals surface area contributed by atoms with Crippen LogP contribution in [0.4, 0.5) is 0 Å². The summed E-state index contributed by atoms with van der Waals surface area (Å²) in [6, 6.07) is 20.2. The summed E-state index contributed by atoms with van der Waals surface area (Å²) < 4.78 is 0. The van der Waals surface area contributed by atoms with Gasteiger partial charge in [0, 0.05) is 25.1 Å². The third kappa shape index (κ3) is 5.14. The van der Waals surface area contributed by atoms with Gasteiger partial charge in [-0.3, -0.25) is 9.59 Å². The maximum atomic E-state index is 12.9. The lowest BCUT2D eigenvalue weighted by Crippen LogP contribution is -2.43. The molecule has 0 spiro atoms. The van der Waals surface area contributed by atoms with Crippen LogP contribution in [0.3, 0.4) is 0 Å². The van der Waals surface area contributed by atoms with Crippen LogP contribution in [-0.2, 0) is 9.59 Å². The first-order valence-corrected chi connectivity index (χ1v) is 10.6. The molecule has 1 unspecified atom stereocenters. The highest BCUT2D eigenvalue weighted by molar-refractivity contribution is 5.92. The molecule has 1 saturated carbocycles. The highest BCUT2D eigenvalue weighted by Gasteiger charge is 2.35. The molecule has 4 rings (SSSR count). The van der Waals surface area contributed by atoms with Crippen molar-refractivity contribution in [1.82, 2.24) is 10.2 Å². The zero-order valence-corrected chi connectivity index (χ0v) is 16.7. The van der Waals surface area contributed by atoms with Crippen LogP contribution in [0.25, 0.3) is 6.08 Å². The topological polar surface area (TPSA) is 49.4 Å². The number of nitrogens with one attached hydrogen (secondary N) is 1. The molecule has 0 aromatic heterocycles. The predicted molar refractivity (Wildman–Crippen MR) is 115 cm³/mol. The van der Waals surface area contributed by atoms with Crippen molar-refractivity contribution in [3.05, 3.63) is 77.9 Å². The number of piperidine rings is 1. The fourth-order valence-electron chi connectivity index (χ4n) is 4.03. The van der Waals surface area contributed by atoms with Crippen LogP contribution in [0, 0.1) is 11.8 Å². The number of carbonyl (C=O) groups is 2. The molecule has 1 aliphatic carbocycles. The summed E-state index contributed by atoms with van der Waals surface area (Å²) in [5.41, 5.74) is 2.21. The summed E-state index contributed by atoms with van der Waals surface area (Å²) in [7, 11) is 0. The summed E-state index contributed by atoms with van der Waals surface area (Å²) in [6.07, 6.45) is 7.29. The Hall–Kier alpha value is -2.88. The van der Waals surface area contributed by atoms with Crippen LogP contribution in [0.15, 0.2) is 66.7 Å². The Bertz CT molecular complexity index is 851. The van der Waals surface area contributed by atoms with E-state index in [2.05, 4.69) is 17.4 Å². The number of carbonyl (C=O) groups excluding carboxylic acids is 2. The number of hydrogen-bond acceptors (Lipinski definition) is 2. The Morgan fingerprint density at radius 3 is 2.14 bits per heavy atom. The molecule has 2 aromatic carbocycles. The molecule has 2 aliphatic rings. The minimum absolute atomic E-state index is 0.0119. The maximum absolute atomic E-state index is 12.9. The molecule has 1 aliphatic heterocycles. The van der Waals surface area contributed by atoms with Gasteiger partial charge in [0.15, 0.2) is 0 Å². The minimum atomic E-state index is -0.0119. The molecule has 4 nitrogen and oxygen atoms in total. The second-order valence-electron chi connectivity index (χ2n) is 8.08. The minimum Gasteiger partial charge on any atom is -0.349 e. The normalized spacial score (nSPS) is 18.6. The van der Waals surface area contributed by atoms with Gasteiger partial charge in [0.05, 0.1) is 6.04 Å². The van der Waals surface area contributed by atoms with Gasteiger partial charge in [0.25, 0.3) is 0 Å². The molecule has 29 heavy (non-hydrogen) atoms. The van der Waals surface area contributed by atoms with Crippen LogP contribution in [0.2, 0.25) is 0 Å². The van der Waals surface area contributed by atoms with Gasteiger partial charge in [-0.05, 0) is 48.8 Å². The monoisotopic (exact) mass is 388 g/mol. The van der Waals surface area contributed by atoms with Crippen molar-refractivity contribution in [3.63, 3.8) is 0 Å². The van der Waals surface area contributed by atoms with Crippen molar-refractivity contribution >= 4 is 17.9 Å². The van der Waals surface area contributed by atoms with Crippen molar-refractivity contribution in [1.29, 1.82) is 0 Å². The van der Waals surface area contributed by atoms with Gasteiger partial charge in [0.2, 0.25) is 11.8 Å². The third-order valence-electron chi connectivity index (χ3n) is 5.95. The van der Waals surface area contributed by atoms with Gasteiger partial charge in [-0.2, -0.15) is 0 Å². The second-order valence-corrected chi connectivity index (χ2v) is 8.08. The number of hydrogen-bond donors (Lipinski definition) is 1. The van der Waals surface area contributed by atoms with Crippen LogP contribution >= 0.6 is 0 Å². The van der Waals surface area contributed by atoms with E-state index in [1.807, 2.05) is 59.5 Å². The molecular weight excluding hydrogens is 360 g/mol. The van der Waals surface area contributed by atoms with Gasteiger partial charge < -0.3 is 10.2 Å². The van der Waals surface area contributed by atoms with Crippen molar-refractivity contribution in [2.45, 2.75) is 31.7 Å². The van der Waals surface area contributed by atoms with Crippen molar-refractivity contribution < 1.29 is 9.59 Å². The van der Waals surface area contributed by atoms with Gasteiger partial charge in [-0.25, -0.2) is 0 Å². The first-order valence-electron chi connectivity index (χ1n) is 10.6. The number of nitrogens with zero attached hydrogens (tertiary/aromatic N) is 1. The predicted octanol–water partition coefficient (Wildman–Crippen LogP) is 4.21. The largest absolute Gasteiger partial charge is 0.349 e. The van der Waals surface area contributed by atoms with Crippen molar-refractivity contribution in [2.24, 2.45) is 11.8 Å². The van der Waals surface area contributed by atoms with E-state index in [0.29, 0.717) is 19.0 Å². The van der Waals surface area contributed by atoms with E-state index in [0.717, 1.165) is 18.4 Å². The van der Waals surface area contributed by atoms with E-state index in [4.69, 9.17) is 0 Å². The van der Waals surface area contributed by atoms with Gasteiger partial charge in [-0.15, -0.1) is 0 Å². The Kier molecular flexibility index (Phi) is 6.09. The fraction of sp³-hybridized carbons (Fsp3) is 0.360. The molecule has 0 radical (unpaired) electrons. The van der Waals surface area contributed by atoms with Gasteiger partial charge >= 0.3 is 0 Å². The number of amides is 2. The molecule has 1 atom stereocenters. The lowest BCUT2D eigenvalue weighted by atomic mass is 9.94. The quantitative estimate of drug-likeness (QED) is 0.754. The molecule has 0 bridgehead atoms. The van der Waals surface area contributed by atoms with Crippen molar-refractivity contribution in [3.8, 4) is 0 Å². The molecule has 1 saturated heterocycles. The Morgan fingerprint density at radius 2 is 1.52 bits per heavy atom. The van der Waals surface area contributed by atoms with E-state index in [9.17, 15) is 9.59 Å². The smallest absolute Gasteiger partial charge is 0.246 e. The second kappa shape index (κ2) is 9.08. The molecule has 2 amide bonds. The summed E-state index contributed by atoms with van der Waals surface area (Å²) in [5, 5.41) is 3.30. The standard InChI is InChI=1S/C25H28N2O2/c28-23(14-11-19-7-3-1-4-8-19)27-17-15-22(16-18-27)25(29)26-24(21-12-13-21)20-9-5-2-6-10-20/h1-11,14,21-22,24H,12-13,15-18H2,(H,26,29). The zero-order chi connectivity index (χ0) is 20.1. The first kappa shape index (κ1) is 19.4. The average Bonchev–Trinajstić information content (AvgIpc) is 3.62. The number of likely N-dealkylation sites (tertiary alicyclic amines) is 1. The molecule has 2 fully saturated rings. The molecule has 150 valence electrons. The Labute approximate surface area is 172 Å². The van der Waals surface area contributed by atoms with Gasteiger partial charge in [-0.1, -0.05) is 60.7 Å². The zero-order valence-electron chi connectivity index (χ0n) is 16.7. The maximum Gasteiger partial charge on any atom is 0.246 e.